The average Bonchev–Trinajstić information content (AvgIpc) is 2.26. The summed E-state index contributed by atoms with van der Waals surface area (Å²) in [4.78, 5) is 0. The van der Waals surface area contributed by atoms with E-state index >= 15 is 0 Å². The molecule has 0 saturated heterocycles. The molecule has 84 valence electrons. The maximum absolute atomic E-state index is 10.1. The Labute approximate surface area is 92.3 Å². The number of hydrogen-bond acceptors (Lipinski definition) is 2. The standard InChI is InChI=1S/C13H21NO/c1-4-12(14-5-2)13(15)11-8-6-10(3)7-9-11/h6-9,12-15H,4-5H2,1-3H3. The lowest BCUT2D eigenvalue weighted by molar-refractivity contribution is 0.127. The van der Waals surface area contributed by atoms with Gasteiger partial charge in [0.2, 0.25) is 0 Å². The Kier molecular flexibility index (Phi) is 4.79. The van der Waals surface area contributed by atoms with Gasteiger partial charge in [0, 0.05) is 6.04 Å². The molecule has 2 N–H and O–H groups in total. The maximum Gasteiger partial charge on any atom is 0.0942 e. The normalized spacial score (nSPS) is 14.9. The van der Waals surface area contributed by atoms with Crippen molar-refractivity contribution in [2.45, 2.75) is 39.3 Å². The van der Waals surface area contributed by atoms with Gasteiger partial charge < -0.3 is 10.4 Å². The van der Waals surface area contributed by atoms with E-state index in [1.807, 2.05) is 24.3 Å². The molecule has 0 spiro atoms. The SMILES string of the molecule is CCNC(CC)C(O)c1ccc(C)cc1. The summed E-state index contributed by atoms with van der Waals surface area (Å²) in [7, 11) is 0. The summed E-state index contributed by atoms with van der Waals surface area (Å²) >= 11 is 0. The highest BCUT2D eigenvalue weighted by atomic mass is 16.3. The topological polar surface area (TPSA) is 32.3 Å². The molecular weight excluding hydrogens is 186 g/mol. The molecule has 1 aromatic carbocycles. The third-order valence-electron chi connectivity index (χ3n) is 2.71. The van der Waals surface area contributed by atoms with E-state index in [1.54, 1.807) is 0 Å². The zero-order chi connectivity index (χ0) is 11.3. The second kappa shape index (κ2) is 5.89. The van der Waals surface area contributed by atoms with Gasteiger partial charge in [0.15, 0.2) is 0 Å². The van der Waals surface area contributed by atoms with E-state index in [-0.39, 0.29) is 6.04 Å². The highest BCUT2D eigenvalue weighted by Crippen LogP contribution is 2.19. The predicted molar refractivity (Wildman–Crippen MR) is 63.9 cm³/mol. The van der Waals surface area contributed by atoms with E-state index in [4.69, 9.17) is 0 Å². The average molecular weight is 207 g/mol. The molecular formula is C13H21NO. The quantitative estimate of drug-likeness (QED) is 0.777. The van der Waals surface area contributed by atoms with Crippen LogP contribution in [0.25, 0.3) is 0 Å². The number of rotatable bonds is 5. The number of nitrogens with one attached hydrogen (secondary N) is 1. The molecule has 2 nitrogen and oxygen atoms in total. The van der Waals surface area contributed by atoms with E-state index in [0.717, 1.165) is 18.5 Å². The zero-order valence-electron chi connectivity index (χ0n) is 9.83. The minimum absolute atomic E-state index is 0.151. The van der Waals surface area contributed by atoms with Crippen LogP contribution in [0.3, 0.4) is 0 Å². The lowest BCUT2D eigenvalue weighted by atomic mass is 9.99. The minimum atomic E-state index is -0.407. The molecule has 0 aromatic heterocycles. The second-order valence-corrected chi connectivity index (χ2v) is 3.93. The first-order chi connectivity index (χ1) is 7.19. The van der Waals surface area contributed by atoms with Gasteiger partial charge in [-0.25, -0.2) is 0 Å². The molecule has 0 aliphatic heterocycles. The van der Waals surface area contributed by atoms with Crippen molar-refractivity contribution >= 4 is 0 Å². The molecule has 1 aromatic rings. The molecule has 0 fully saturated rings. The van der Waals surface area contributed by atoms with Crippen molar-refractivity contribution in [2.24, 2.45) is 0 Å². The van der Waals surface area contributed by atoms with Gasteiger partial charge >= 0.3 is 0 Å². The molecule has 2 unspecified atom stereocenters. The summed E-state index contributed by atoms with van der Waals surface area (Å²) in [5.41, 5.74) is 2.22. The number of aliphatic hydroxyl groups excluding tert-OH is 1. The van der Waals surface area contributed by atoms with Crippen LogP contribution < -0.4 is 5.32 Å². The van der Waals surface area contributed by atoms with E-state index in [0.29, 0.717) is 0 Å². The maximum atomic E-state index is 10.1. The Morgan fingerprint density at radius 3 is 2.27 bits per heavy atom. The van der Waals surface area contributed by atoms with Crippen molar-refractivity contribution in [1.29, 1.82) is 0 Å². The van der Waals surface area contributed by atoms with Crippen LogP contribution in [0.1, 0.15) is 37.5 Å². The van der Waals surface area contributed by atoms with Crippen LogP contribution >= 0.6 is 0 Å². The summed E-state index contributed by atoms with van der Waals surface area (Å²) in [5, 5.41) is 13.4. The van der Waals surface area contributed by atoms with Crippen LogP contribution in [-0.2, 0) is 0 Å². The third kappa shape index (κ3) is 3.33. The van der Waals surface area contributed by atoms with Crippen molar-refractivity contribution in [2.75, 3.05) is 6.54 Å². The Hall–Kier alpha value is -0.860. The summed E-state index contributed by atoms with van der Waals surface area (Å²) in [6, 6.07) is 8.23. The zero-order valence-corrected chi connectivity index (χ0v) is 9.83. The molecule has 0 heterocycles. The molecule has 0 aliphatic rings. The monoisotopic (exact) mass is 207 g/mol. The van der Waals surface area contributed by atoms with Gasteiger partial charge in [0.1, 0.15) is 0 Å². The number of aryl methyl sites for hydroxylation is 1. The van der Waals surface area contributed by atoms with Gasteiger partial charge in [0.05, 0.1) is 6.10 Å². The first-order valence-electron chi connectivity index (χ1n) is 5.67. The summed E-state index contributed by atoms with van der Waals surface area (Å²) < 4.78 is 0. The third-order valence-corrected chi connectivity index (χ3v) is 2.71. The van der Waals surface area contributed by atoms with Gasteiger partial charge in [0.25, 0.3) is 0 Å². The van der Waals surface area contributed by atoms with Crippen LogP contribution in [0.15, 0.2) is 24.3 Å². The van der Waals surface area contributed by atoms with Gasteiger partial charge in [-0.3, -0.25) is 0 Å². The Morgan fingerprint density at radius 1 is 1.20 bits per heavy atom. The Morgan fingerprint density at radius 2 is 1.80 bits per heavy atom. The van der Waals surface area contributed by atoms with Crippen molar-refractivity contribution in [3.05, 3.63) is 35.4 Å². The minimum Gasteiger partial charge on any atom is -0.387 e. The van der Waals surface area contributed by atoms with Crippen LogP contribution in [0, 0.1) is 6.92 Å². The number of benzene rings is 1. The largest absolute Gasteiger partial charge is 0.387 e. The molecule has 0 saturated carbocycles. The van der Waals surface area contributed by atoms with Crippen LogP contribution in [-0.4, -0.2) is 17.7 Å². The van der Waals surface area contributed by atoms with Gasteiger partial charge in [-0.15, -0.1) is 0 Å². The predicted octanol–water partition coefficient (Wildman–Crippen LogP) is 2.42. The fourth-order valence-corrected chi connectivity index (χ4v) is 1.74. The molecule has 15 heavy (non-hydrogen) atoms. The lowest BCUT2D eigenvalue weighted by Gasteiger charge is -2.22. The number of aliphatic hydroxyl groups is 1. The van der Waals surface area contributed by atoms with Crippen LogP contribution in [0.5, 0.6) is 0 Å². The summed E-state index contributed by atoms with van der Waals surface area (Å²) in [6.07, 6.45) is 0.527. The number of likely N-dealkylation sites (N-methyl/N-ethyl adjacent to an activating group) is 1. The molecule has 0 amide bonds. The Balaban J connectivity index is 2.73. The van der Waals surface area contributed by atoms with Crippen molar-refractivity contribution < 1.29 is 5.11 Å². The van der Waals surface area contributed by atoms with Crippen LogP contribution in [0.4, 0.5) is 0 Å². The molecule has 1 rings (SSSR count). The van der Waals surface area contributed by atoms with Crippen molar-refractivity contribution in [3.8, 4) is 0 Å². The fourth-order valence-electron chi connectivity index (χ4n) is 1.74. The van der Waals surface area contributed by atoms with E-state index in [9.17, 15) is 5.11 Å². The Bertz CT molecular complexity index is 281. The molecule has 0 bridgehead atoms. The van der Waals surface area contributed by atoms with E-state index in [2.05, 4.69) is 26.1 Å². The summed E-state index contributed by atoms with van der Waals surface area (Å²) in [5.74, 6) is 0. The first kappa shape index (κ1) is 12.2. The van der Waals surface area contributed by atoms with Crippen molar-refractivity contribution in [1.82, 2.24) is 5.32 Å². The van der Waals surface area contributed by atoms with E-state index < -0.39 is 6.10 Å². The lowest BCUT2D eigenvalue weighted by Crippen LogP contribution is -2.34. The molecule has 2 atom stereocenters. The second-order valence-electron chi connectivity index (χ2n) is 3.93. The van der Waals surface area contributed by atoms with Gasteiger partial charge in [-0.1, -0.05) is 43.7 Å². The molecule has 2 heteroatoms. The van der Waals surface area contributed by atoms with E-state index in [1.165, 1.54) is 5.56 Å². The smallest absolute Gasteiger partial charge is 0.0942 e. The molecule has 0 radical (unpaired) electrons. The highest BCUT2D eigenvalue weighted by Gasteiger charge is 2.17. The van der Waals surface area contributed by atoms with Gasteiger partial charge in [-0.2, -0.15) is 0 Å². The van der Waals surface area contributed by atoms with Crippen molar-refractivity contribution in [3.63, 3.8) is 0 Å². The fraction of sp³-hybridized carbons (Fsp3) is 0.538. The van der Waals surface area contributed by atoms with Crippen LogP contribution in [0.2, 0.25) is 0 Å². The first-order valence-corrected chi connectivity index (χ1v) is 5.67. The van der Waals surface area contributed by atoms with Gasteiger partial charge in [-0.05, 0) is 25.5 Å². The molecule has 0 aliphatic carbocycles. The number of hydrogen-bond donors (Lipinski definition) is 2. The summed E-state index contributed by atoms with van der Waals surface area (Å²) in [6.45, 7) is 7.09. The highest BCUT2D eigenvalue weighted by molar-refractivity contribution is 5.24.